The smallest absolute Gasteiger partial charge is 0.328 e. The maximum atomic E-state index is 13.2. The largest absolute Gasteiger partial charge is 0.459 e. The van der Waals surface area contributed by atoms with E-state index in [-0.39, 0.29) is 49.5 Å². The molecule has 0 heterocycles. The molecule has 41 heavy (non-hydrogen) atoms. The van der Waals surface area contributed by atoms with Gasteiger partial charge in [0, 0.05) is 12.3 Å². The lowest BCUT2D eigenvalue weighted by molar-refractivity contribution is -0.150. The van der Waals surface area contributed by atoms with Crippen molar-refractivity contribution in [3.63, 3.8) is 0 Å². The molecule has 1 saturated carbocycles. The molecular weight excluding hydrogens is 528 g/mol. The molecule has 0 bridgehead atoms. The number of rotatable bonds is 16. The van der Waals surface area contributed by atoms with Crippen LogP contribution in [0.2, 0.25) is 0 Å². The summed E-state index contributed by atoms with van der Waals surface area (Å²) in [6, 6.07) is 5.57. The zero-order valence-corrected chi connectivity index (χ0v) is 24.4. The first-order valence-corrected chi connectivity index (χ1v) is 14.5. The molecule has 1 aliphatic carbocycles. The van der Waals surface area contributed by atoms with Crippen LogP contribution in [0.1, 0.15) is 77.7 Å². The van der Waals surface area contributed by atoms with Crippen LogP contribution in [0.15, 0.2) is 30.3 Å². The Hall–Kier alpha value is -3.47. The molecule has 1 fully saturated rings. The minimum absolute atomic E-state index is 0.0326. The van der Waals surface area contributed by atoms with Crippen LogP contribution in [0, 0.1) is 17.8 Å². The van der Waals surface area contributed by atoms with Gasteiger partial charge in [0.05, 0.1) is 6.61 Å². The maximum Gasteiger partial charge on any atom is 0.328 e. The number of primary amides is 1. The van der Waals surface area contributed by atoms with E-state index in [9.17, 15) is 29.1 Å². The maximum absolute atomic E-state index is 13.2. The summed E-state index contributed by atoms with van der Waals surface area (Å²) in [7, 11) is 0. The van der Waals surface area contributed by atoms with E-state index in [0.29, 0.717) is 0 Å². The average Bonchev–Trinajstić information content (AvgIpc) is 2.96. The van der Waals surface area contributed by atoms with Gasteiger partial charge in [-0.1, -0.05) is 70.4 Å². The Morgan fingerprint density at radius 3 is 2.05 bits per heavy atom. The van der Waals surface area contributed by atoms with E-state index in [1.54, 1.807) is 0 Å². The summed E-state index contributed by atoms with van der Waals surface area (Å²) in [5.41, 5.74) is 6.07. The number of aliphatic hydroxyl groups excluding tert-OH is 1. The van der Waals surface area contributed by atoms with Crippen molar-refractivity contribution in [3.05, 3.63) is 35.9 Å². The number of hydrogen-bond acceptors (Lipinski definition) is 7. The van der Waals surface area contributed by atoms with Crippen molar-refractivity contribution < 1.29 is 33.8 Å². The van der Waals surface area contributed by atoms with Crippen LogP contribution in [0.25, 0.3) is 0 Å². The number of benzene rings is 1. The van der Waals surface area contributed by atoms with Gasteiger partial charge in [-0.3, -0.25) is 19.2 Å². The van der Waals surface area contributed by atoms with Crippen LogP contribution in [0.4, 0.5) is 0 Å². The summed E-state index contributed by atoms with van der Waals surface area (Å²) >= 11 is 0. The summed E-state index contributed by atoms with van der Waals surface area (Å²) < 4.78 is 5.40. The number of carbonyl (C=O) groups excluding carboxylic acids is 5. The summed E-state index contributed by atoms with van der Waals surface area (Å²) in [4.78, 5) is 63.4. The van der Waals surface area contributed by atoms with Gasteiger partial charge in [-0.15, -0.1) is 0 Å². The van der Waals surface area contributed by atoms with Crippen molar-refractivity contribution in [2.24, 2.45) is 23.5 Å². The van der Waals surface area contributed by atoms with Crippen molar-refractivity contribution >= 4 is 29.6 Å². The molecule has 0 aromatic heterocycles. The number of nitrogens with two attached hydrogens (primary N) is 1. The third-order valence-electron chi connectivity index (χ3n) is 7.43. The van der Waals surface area contributed by atoms with Gasteiger partial charge in [0.1, 0.15) is 24.7 Å². The number of carbonyl (C=O) groups is 5. The molecule has 11 nitrogen and oxygen atoms in total. The second kappa shape index (κ2) is 17.4. The van der Waals surface area contributed by atoms with Gasteiger partial charge in [-0.25, -0.2) is 4.79 Å². The quantitative estimate of drug-likeness (QED) is 0.187. The summed E-state index contributed by atoms with van der Waals surface area (Å²) in [6.45, 7) is 4.87. The van der Waals surface area contributed by atoms with Gasteiger partial charge in [0.2, 0.25) is 23.6 Å². The number of aliphatic hydroxyl groups is 1. The number of esters is 1. The predicted octanol–water partition coefficient (Wildman–Crippen LogP) is 1.70. The van der Waals surface area contributed by atoms with Crippen LogP contribution >= 0.6 is 0 Å². The lowest BCUT2D eigenvalue weighted by Crippen LogP contribution is -2.57. The average molecular weight is 575 g/mol. The Balaban J connectivity index is 2.05. The molecule has 1 aromatic rings. The van der Waals surface area contributed by atoms with Gasteiger partial charge in [0.15, 0.2) is 0 Å². The molecule has 4 amide bonds. The van der Waals surface area contributed by atoms with Crippen molar-refractivity contribution in [2.75, 3.05) is 6.61 Å². The molecular formula is C30H46N4O7. The van der Waals surface area contributed by atoms with Gasteiger partial charge in [-0.2, -0.15) is 0 Å². The normalized spacial score (nSPS) is 16.6. The van der Waals surface area contributed by atoms with Crippen LogP contribution < -0.4 is 21.7 Å². The van der Waals surface area contributed by atoms with E-state index < -0.39 is 48.4 Å². The highest BCUT2D eigenvalue weighted by Gasteiger charge is 2.32. The lowest BCUT2D eigenvalue weighted by atomic mass is 9.80. The van der Waals surface area contributed by atoms with Crippen LogP contribution in [0.5, 0.6) is 0 Å². The molecule has 2 rings (SSSR count). The Morgan fingerprint density at radius 1 is 0.878 bits per heavy atom. The molecule has 11 heteroatoms. The standard InChI is InChI=1S/C30H46N4O7/c1-19(2)16-24(30(40)41-18-21-10-6-4-7-11-21)33-29(39)25(17-35)34-28(38)23(14-15-26(31)36)32-27(37)20(3)22-12-8-5-9-13-22/h4,6-7,10-11,19-20,22-25,35H,5,8-9,12-18H2,1-3H3,(H2,31,36)(H,32,37)(H,33,39)(H,34,38)/t20-,23-,24-,25?/m0/s1. The Kier molecular flexibility index (Phi) is 14.3. The molecule has 0 aliphatic heterocycles. The first kappa shape index (κ1) is 33.7. The first-order valence-electron chi connectivity index (χ1n) is 14.5. The van der Waals surface area contributed by atoms with E-state index in [0.717, 1.165) is 37.7 Å². The second-order valence-corrected chi connectivity index (χ2v) is 11.3. The van der Waals surface area contributed by atoms with Crippen LogP contribution in [-0.4, -0.2) is 59.4 Å². The van der Waals surface area contributed by atoms with Crippen molar-refractivity contribution in [3.8, 4) is 0 Å². The molecule has 1 aromatic carbocycles. The molecule has 1 aliphatic rings. The van der Waals surface area contributed by atoms with Crippen molar-refractivity contribution in [2.45, 2.75) is 96.9 Å². The summed E-state index contributed by atoms with van der Waals surface area (Å²) in [5, 5.41) is 17.7. The predicted molar refractivity (Wildman–Crippen MR) is 153 cm³/mol. The number of ether oxygens (including phenoxy) is 1. The monoisotopic (exact) mass is 574 g/mol. The SMILES string of the molecule is CC(C)C[C@H](NC(=O)C(CO)NC(=O)[C@H](CCC(N)=O)NC(=O)[C@@H](C)C1CCCCC1)C(=O)OCc1ccccc1. The second-order valence-electron chi connectivity index (χ2n) is 11.3. The zero-order valence-electron chi connectivity index (χ0n) is 24.4. The lowest BCUT2D eigenvalue weighted by Gasteiger charge is -2.29. The first-order chi connectivity index (χ1) is 19.5. The number of hydrogen-bond donors (Lipinski definition) is 5. The van der Waals surface area contributed by atoms with Gasteiger partial charge < -0.3 is 31.5 Å². The van der Waals surface area contributed by atoms with Crippen molar-refractivity contribution in [1.82, 2.24) is 16.0 Å². The molecule has 6 N–H and O–H groups in total. The molecule has 228 valence electrons. The fourth-order valence-electron chi connectivity index (χ4n) is 4.96. The van der Waals surface area contributed by atoms with E-state index in [2.05, 4.69) is 16.0 Å². The third-order valence-corrected chi connectivity index (χ3v) is 7.43. The fourth-order valence-corrected chi connectivity index (χ4v) is 4.96. The van der Waals surface area contributed by atoms with E-state index in [4.69, 9.17) is 10.5 Å². The zero-order chi connectivity index (χ0) is 30.4. The third kappa shape index (κ3) is 11.9. The summed E-state index contributed by atoms with van der Waals surface area (Å²) in [6.07, 6.45) is 5.18. The van der Waals surface area contributed by atoms with Gasteiger partial charge >= 0.3 is 5.97 Å². The van der Waals surface area contributed by atoms with Gasteiger partial charge in [-0.05, 0) is 43.1 Å². The highest BCUT2D eigenvalue weighted by atomic mass is 16.5. The topological polar surface area (TPSA) is 177 Å². The van der Waals surface area contributed by atoms with Crippen LogP contribution in [-0.2, 0) is 35.3 Å². The summed E-state index contributed by atoms with van der Waals surface area (Å²) in [5.74, 6) is -3.19. The number of amides is 4. The molecule has 4 atom stereocenters. The van der Waals surface area contributed by atoms with E-state index >= 15 is 0 Å². The molecule has 1 unspecified atom stereocenters. The Labute approximate surface area is 242 Å². The highest BCUT2D eigenvalue weighted by Crippen LogP contribution is 2.30. The number of nitrogens with one attached hydrogen (secondary N) is 3. The Bertz CT molecular complexity index is 1010. The van der Waals surface area contributed by atoms with E-state index in [1.165, 1.54) is 0 Å². The van der Waals surface area contributed by atoms with Crippen LogP contribution in [0.3, 0.4) is 0 Å². The Morgan fingerprint density at radius 2 is 1.46 bits per heavy atom. The minimum atomic E-state index is -1.40. The highest BCUT2D eigenvalue weighted by molar-refractivity contribution is 5.94. The molecule has 0 spiro atoms. The molecule has 0 saturated heterocycles. The van der Waals surface area contributed by atoms with E-state index in [1.807, 2.05) is 51.1 Å². The van der Waals surface area contributed by atoms with Gasteiger partial charge in [0.25, 0.3) is 0 Å². The minimum Gasteiger partial charge on any atom is -0.459 e. The van der Waals surface area contributed by atoms with Crippen molar-refractivity contribution in [1.29, 1.82) is 0 Å². The molecule has 0 radical (unpaired) electrons. The fraction of sp³-hybridized carbons (Fsp3) is 0.633.